The summed E-state index contributed by atoms with van der Waals surface area (Å²) in [4.78, 5) is 41.0. The Morgan fingerprint density at radius 1 is 0.745 bits per heavy atom. The van der Waals surface area contributed by atoms with Gasteiger partial charge in [-0.2, -0.15) is 0 Å². The number of ether oxygens (including phenoxy) is 2. The minimum absolute atomic E-state index is 0.0246. The highest BCUT2D eigenvalue weighted by Crippen LogP contribution is 2.26. The number of thioether (sulfide) groups is 1. The average molecular weight is 681 g/mol. The van der Waals surface area contributed by atoms with Crippen molar-refractivity contribution in [2.75, 3.05) is 33.3 Å². The summed E-state index contributed by atoms with van der Waals surface area (Å²) in [5.74, 6) is -0.409. The van der Waals surface area contributed by atoms with Crippen LogP contribution in [-0.2, 0) is 23.9 Å². The van der Waals surface area contributed by atoms with Crippen LogP contribution in [-0.4, -0.2) is 72.6 Å². The van der Waals surface area contributed by atoms with E-state index < -0.39 is 6.04 Å². The van der Waals surface area contributed by atoms with Gasteiger partial charge in [0.25, 0.3) is 0 Å². The number of likely N-dealkylation sites (tertiary alicyclic amines) is 1. The number of nitrogens with one attached hydrogen (secondary N) is 1. The number of rotatable bonds is 30. The van der Waals surface area contributed by atoms with Gasteiger partial charge in [-0.25, -0.2) is 0 Å². The van der Waals surface area contributed by atoms with Gasteiger partial charge >= 0.3 is 11.9 Å². The van der Waals surface area contributed by atoms with Gasteiger partial charge in [0, 0.05) is 18.1 Å². The van der Waals surface area contributed by atoms with E-state index in [4.69, 9.17) is 9.47 Å². The maximum Gasteiger partial charge on any atom is 0.306 e. The number of hydrogen-bond donors (Lipinski definition) is 1. The molecular formula is C39H72N2O5S. The third kappa shape index (κ3) is 25.3. The van der Waals surface area contributed by atoms with Gasteiger partial charge in [-0.3, -0.25) is 14.4 Å². The highest BCUT2D eigenvalue weighted by Gasteiger charge is 2.26. The van der Waals surface area contributed by atoms with Gasteiger partial charge in [0.15, 0.2) is 0 Å². The summed E-state index contributed by atoms with van der Waals surface area (Å²) in [6.07, 6.45) is 27.4. The molecule has 1 unspecified atom stereocenters. The smallest absolute Gasteiger partial charge is 0.306 e. The normalized spacial score (nSPS) is 15.0. The SMILES string of the molecule is CCCCCC/C=C\COC(=O)CCCNC(CCC(=O)OC(CCCCCCC)CCCCCCC)C(=O)SC1CCN(C)CC1. The standard InChI is InChI=1S/C39H72N2O5S/c1-5-8-11-14-15-18-21-33-45-37(42)25-22-30-40-36(39(44)47-35-28-31-41(4)32-29-35)26-27-38(43)46-34(23-19-16-12-9-6-2)24-20-17-13-10-7-3/h18,21,34-36,40H,5-17,19-20,22-33H2,1-4H3/b21-18-. The van der Waals surface area contributed by atoms with E-state index in [1.54, 1.807) is 0 Å². The zero-order chi connectivity index (χ0) is 34.4. The van der Waals surface area contributed by atoms with Gasteiger partial charge in [0.2, 0.25) is 5.12 Å². The largest absolute Gasteiger partial charge is 0.462 e. The number of unbranched alkanes of at least 4 members (excludes halogenated alkanes) is 12. The number of esters is 2. The maximum absolute atomic E-state index is 13.4. The molecule has 1 saturated heterocycles. The Morgan fingerprint density at radius 2 is 1.34 bits per heavy atom. The van der Waals surface area contributed by atoms with Crippen LogP contribution in [0.1, 0.15) is 168 Å². The first-order valence-corrected chi connectivity index (χ1v) is 20.4. The zero-order valence-electron chi connectivity index (χ0n) is 30.9. The van der Waals surface area contributed by atoms with Gasteiger partial charge in [0.1, 0.15) is 12.7 Å². The lowest BCUT2D eigenvalue weighted by atomic mass is 10.0. The molecule has 0 radical (unpaired) electrons. The van der Waals surface area contributed by atoms with E-state index >= 15 is 0 Å². The van der Waals surface area contributed by atoms with E-state index in [0.717, 1.165) is 58.0 Å². The van der Waals surface area contributed by atoms with Crippen molar-refractivity contribution in [3.8, 4) is 0 Å². The number of carbonyl (C=O) groups is 3. The van der Waals surface area contributed by atoms with Gasteiger partial charge in [0.05, 0.1) is 6.04 Å². The Hall–Kier alpha value is -1.38. The molecule has 0 aromatic carbocycles. The lowest BCUT2D eigenvalue weighted by molar-refractivity contribution is -0.150. The Balaban J connectivity index is 2.58. The number of carbonyl (C=O) groups excluding carboxylic acids is 3. The fourth-order valence-electron chi connectivity index (χ4n) is 5.97. The Bertz CT molecular complexity index is 801. The maximum atomic E-state index is 13.4. The molecule has 0 bridgehead atoms. The minimum atomic E-state index is -0.430. The molecule has 0 amide bonds. The van der Waals surface area contributed by atoms with Crippen LogP contribution in [0.2, 0.25) is 0 Å². The van der Waals surface area contributed by atoms with Crippen molar-refractivity contribution in [1.29, 1.82) is 0 Å². The molecule has 8 heteroatoms. The highest BCUT2D eigenvalue weighted by molar-refractivity contribution is 8.14. The summed E-state index contributed by atoms with van der Waals surface area (Å²) in [5, 5.41) is 3.79. The average Bonchev–Trinajstić information content (AvgIpc) is 3.06. The van der Waals surface area contributed by atoms with Crippen molar-refractivity contribution >= 4 is 28.8 Å². The van der Waals surface area contributed by atoms with E-state index in [1.165, 1.54) is 88.8 Å². The molecule has 0 saturated carbocycles. The molecule has 274 valence electrons. The van der Waals surface area contributed by atoms with Gasteiger partial charge in [-0.1, -0.05) is 115 Å². The third-order valence-electron chi connectivity index (χ3n) is 9.11. The third-order valence-corrected chi connectivity index (χ3v) is 10.4. The molecule has 0 aromatic heterocycles. The molecule has 1 atom stereocenters. The van der Waals surface area contributed by atoms with Gasteiger partial charge in [-0.15, -0.1) is 0 Å². The second kappa shape index (κ2) is 30.7. The van der Waals surface area contributed by atoms with Crippen molar-refractivity contribution in [2.45, 2.75) is 186 Å². The number of nitrogens with zero attached hydrogens (tertiary/aromatic N) is 1. The molecule has 0 aliphatic carbocycles. The van der Waals surface area contributed by atoms with Crippen LogP contribution in [0.5, 0.6) is 0 Å². The molecule has 0 aromatic rings. The van der Waals surface area contributed by atoms with E-state index in [0.29, 0.717) is 37.7 Å². The van der Waals surface area contributed by atoms with Gasteiger partial charge in [-0.05, 0) is 90.9 Å². The van der Waals surface area contributed by atoms with Crippen LogP contribution in [0.25, 0.3) is 0 Å². The van der Waals surface area contributed by atoms with E-state index in [2.05, 4.69) is 44.1 Å². The number of hydrogen-bond acceptors (Lipinski definition) is 8. The van der Waals surface area contributed by atoms with Crippen LogP contribution in [0.15, 0.2) is 12.2 Å². The summed E-state index contributed by atoms with van der Waals surface area (Å²) >= 11 is 1.44. The first-order valence-electron chi connectivity index (χ1n) is 19.5. The fraction of sp³-hybridized carbons (Fsp3) is 0.872. The quantitative estimate of drug-likeness (QED) is 0.0456. The lowest BCUT2D eigenvalue weighted by Gasteiger charge is -2.29. The second-order valence-corrected chi connectivity index (χ2v) is 14.9. The summed E-state index contributed by atoms with van der Waals surface area (Å²) in [7, 11) is 2.12. The van der Waals surface area contributed by atoms with Crippen molar-refractivity contribution < 1.29 is 23.9 Å². The van der Waals surface area contributed by atoms with Gasteiger partial charge < -0.3 is 19.7 Å². The topological polar surface area (TPSA) is 84.9 Å². The Labute approximate surface area is 293 Å². The molecule has 7 nitrogen and oxygen atoms in total. The molecular weight excluding hydrogens is 609 g/mol. The van der Waals surface area contributed by atoms with E-state index in [-0.39, 0.29) is 29.6 Å². The van der Waals surface area contributed by atoms with Crippen molar-refractivity contribution in [3.63, 3.8) is 0 Å². The van der Waals surface area contributed by atoms with Crippen LogP contribution in [0, 0.1) is 0 Å². The summed E-state index contributed by atoms with van der Waals surface area (Å²) in [5.41, 5.74) is 0. The summed E-state index contributed by atoms with van der Waals surface area (Å²) in [6.45, 7) is 9.51. The molecule has 1 aliphatic heterocycles. The van der Waals surface area contributed by atoms with E-state index in [9.17, 15) is 14.4 Å². The number of piperidine rings is 1. The van der Waals surface area contributed by atoms with Crippen LogP contribution < -0.4 is 5.32 Å². The first-order chi connectivity index (χ1) is 22.9. The monoisotopic (exact) mass is 681 g/mol. The highest BCUT2D eigenvalue weighted by atomic mass is 32.2. The number of allylic oxidation sites excluding steroid dienone is 1. The summed E-state index contributed by atoms with van der Waals surface area (Å²) < 4.78 is 11.4. The molecule has 1 rings (SSSR count). The van der Waals surface area contributed by atoms with Crippen molar-refractivity contribution in [1.82, 2.24) is 10.2 Å². The molecule has 1 heterocycles. The predicted octanol–water partition coefficient (Wildman–Crippen LogP) is 9.56. The zero-order valence-corrected chi connectivity index (χ0v) is 31.7. The van der Waals surface area contributed by atoms with Crippen LogP contribution in [0.4, 0.5) is 0 Å². The molecule has 1 N–H and O–H groups in total. The molecule has 0 spiro atoms. The Morgan fingerprint density at radius 3 is 1.96 bits per heavy atom. The Kier molecular flexibility index (Phi) is 28.5. The van der Waals surface area contributed by atoms with Crippen LogP contribution in [0.3, 0.4) is 0 Å². The lowest BCUT2D eigenvalue weighted by Crippen LogP contribution is -2.39. The second-order valence-electron chi connectivity index (χ2n) is 13.6. The molecule has 1 aliphatic rings. The summed E-state index contributed by atoms with van der Waals surface area (Å²) in [6, 6.07) is -0.430. The first kappa shape index (κ1) is 43.6. The molecule has 47 heavy (non-hydrogen) atoms. The van der Waals surface area contributed by atoms with Crippen molar-refractivity contribution in [2.24, 2.45) is 0 Å². The van der Waals surface area contributed by atoms with E-state index in [1.807, 2.05) is 6.08 Å². The van der Waals surface area contributed by atoms with Crippen LogP contribution >= 0.6 is 11.8 Å². The predicted molar refractivity (Wildman–Crippen MR) is 199 cm³/mol. The molecule has 1 fully saturated rings. The minimum Gasteiger partial charge on any atom is -0.462 e. The van der Waals surface area contributed by atoms with Crippen molar-refractivity contribution in [3.05, 3.63) is 12.2 Å². The fourth-order valence-corrected chi connectivity index (χ4v) is 7.11.